The average Bonchev–Trinajstić information content (AvgIpc) is 2.89. The normalized spacial score (nSPS) is 12.3. The van der Waals surface area contributed by atoms with Gasteiger partial charge in [-0.25, -0.2) is 9.38 Å². The summed E-state index contributed by atoms with van der Waals surface area (Å²) in [6, 6.07) is 19.4. The van der Waals surface area contributed by atoms with E-state index in [9.17, 15) is 18.8 Å². The number of nitrogens with zero attached hydrogens (tertiary/aromatic N) is 1. The summed E-state index contributed by atoms with van der Waals surface area (Å²) >= 11 is 0. The molecule has 0 aliphatic heterocycles. The maximum Gasteiger partial charge on any atom is 0.244 e. The van der Waals surface area contributed by atoms with Crippen LogP contribution in [0, 0.1) is 5.82 Å². The van der Waals surface area contributed by atoms with Crippen LogP contribution in [0.1, 0.15) is 16.7 Å². The van der Waals surface area contributed by atoms with Gasteiger partial charge in [-0.15, -0.1) is 0 Å². The maximum absolute atomic E-state index is 13.4. The van der Waals surface area contributed by atoms with E-state index < -0.39 is 35.6 Å². The van der Waals surface area contributed by atoms with Crippen LogP contribution in [0.15, 0.2) is 89.9 Å². The van der Waals surface area contributed by atoms with Gasteiger partial charge in [-0.1, -0.05) is 54.6 Å². The Kier molecular flexibility index (Phi) is 9.70. The summed E-state index contributed by atoms with van der Waals surface area (Å²) in [5.74, 6) is -2.39. The van der Waals surface area contributed by atoms with Gasteiger partial charge >= 0.3 is 0 Å². The number of halogens is 1. The molecule has 10 heteroatoms. The van der Waals surface area contributed by atoms with Crippen molar-refractivity contribution in [3.63, 3.8) is 0 Å². The molecule has 0 heterocycles. The lowest BCUT2D eigenvalue weighted by atomic mass is 10.0. The summed E-state index contributed by atoms with van der Waals surface area (Å²) in [5.41, 5.74) is 19.0. The molecular formula is C28H29FN6O3. The van der Waals surface area contributed by atoms with Gasteiger partial charge < -0.3 is 27.8 Å². The lowest BCUT2D eigenvalue weighted by Crippen LogP contribution is -2.54. The molecule has 3 aromatic carbocycles. The molecule has 0 aliphatic carbocycles. The van der Waals surface area contributed by atoms with E-state index in [1.54, 1.807) is 30.3 Å². The highest BCUT2D eigenvalue weighted by Crippen LogP contribution is 2.14. The molecule has 38 heavy (non-hydrogen) atoms. The number of hydrogen-bond acceptors (Lipinski definition) is 4. The number of aliphatic imine (C=N–C) groups is 1. The molecule has 9 nitrogen and oxygen atoms in total. The molecule has 0 unspecified atom stereocenters. The Balaban J connectivity index is 1.74. The first-order chi connectivity index (χ1) is 18.2. The van der Waals surface area contributed by atoms with Crippen molar-refractivity contribution in [1.82, 2.24) is 10.6 Å². The van der Waals surface area contributed by atoms with Crippen molar-refractivity contribution in [2.75, 3.05) is 0 Å². The fraction of sp³-hybridized carbons (Fsp3) is 0.143. The highest BCUT2D eigenvalue weighted by molar-refractivity contribution is 5.96. The third kappa shape index (κ3) is 8.90. The number of benzene rings is 3. The number of hydrogen-bond donors (Lipinski definition) is 5. The average molecular weight is 517 g/mol. The van der Waals surface area contributed by atoms with E-state index in [-0.39, 0.29) is 18.8 Å². The molecule has 0 saturated heterocycles. The van der Waals surface area contributed by atoms with Crippen LogP contribution in [-0.4, -0.2) is 35.8 Å². The highest BCUT2D eigenvalue weighted by Gasteiger charge is 2.26. The number of rotatable bonds is 11. The van der Waals surface area contributed by atoms with Crippen LogP contribution in [0.3, 0.4) is 0 Å². The van der Waals surface area contributed by atoms with Crippen LogP contribution in [0.5, 0.6) is 0 Å². The zero-order valence-corrected chi connectivity index (χ0v) is 20.5. The van der Waals surface area contributed by atoms with Gasteiger partial charge in [-0.05, 0) is 47.0 Å². The topological polar surface area (TPSA) is 166 Å². The summed E-state index contributed by atoms with van der Waals surface area (Å²) in [4.78, 5) is 42.0. The zero-order valence-electron chi connectivity index (χ0n) is 20.5. The van der Waals surface area contributed by atoms with Crippen LogP contribution in [-0.2, 0) is 27.2 Å². The van der Waals surface area contributed by atoms with Crippen molar-refractivity contribution in [3.8, 4) is 0 Å². The number of guanidine groups is 1. The number of nitrogens with two attached hydrogens (primary N) is 3. The van der Waals surface area contributed by atoms with E-state index >= 15 is 0 Å². The molecule has 0 fully saturated rings. The van der Waals surface area contributed by atoms with Gasteiger partial charge in [-0.2, -0.15) is 0 Å². The van der Waals surface area contributed by atoms with Gasteiger partial charge in [0.1, 0.15) is 17.9 Å². The fourth-order valence-corrected chi connectivity index (χ4v) is 3.61. The SMILES string of the molecule is NC(=O)[C@H](Cc1ccc(N=C(N)N)cc1)NC(=O)[C@H](Cc1ccc(F)cc1)NC(=O)/C=C/c1ccccc1. The van der Waals surface area contributed by atoms with E-state index in [0.717, 1.165) is 5.56 Å². The van der Waals surface area contributed by atoms with E-state index in [1.165, 1.54) is 30.3 Å². The van der Waals surface area contributed by atoms with E-state index in [2.05, 4.69) is 15.6 Å². The highest BCUT2D eigenvalue weighted by atomic mass is 19.1. The van der Waals surface area contributed by atoms with Gasteiger partial charge in [-0.3, -0.25) is 14.4 Å². The fourth-order valence-electron chi connectivity index (χ4n) is 3.61. The smallest absolute Gasteiger partial charge is 0.244 e. The van der Waals surface area contributed by atoms with Crippen molar-refractivity contribution in [1.29, 1.82) is 0 Å². The maximum atomic E-state index is 13.4. The van der Waals surface area contributed by atoms with Crippen molar-refractivity contribution in [2.24, 2.45) is 22.2 Å². The second-order valence-electron chi connectivity index (χ2n) is 8.51. The molecule has 8 N–H and O–H groups in total. The largest absolute Gasteiger partial charge is 0.370 e. The number of amides is 3. The Morgan fingerprint density at radius 3 is 1.95 bits per heavy atom. The van der Waals surface area contributed by atoms with Gasteiger partial charge in [0.05, 0.1) is 5.69 Å². The number of primary amides is 1. The quantitative estimate of drug-likeness (QED) is 0.148. The van der Waals surface area contributed by atoms with Crippen LogP contribution in [0.25, 0.3) is 6.08 Å². The lowest BCUT2D eigenvalue weighted by Gasteiger charge is -2.22. The van der Waals surface area contributed by atoms with Crippen LogP contribution >= 0.6 is 0 Å². The monoisotopic (exact) mass is 516 g/mol. The molecule has 0 spiro atoms. The third-order valence-corrected chi connectivity index (χ3v) is 5.51. The molecular weight excluding hydrogens is 487 g/mol. The predicted molar refractivity (Wildman–Crippen MR) is 144 cm³/mol. The first-order valence-corrected chi connectivity index (χ1v) is 11.8. The Morgan fingerprint density at radius 1 is 0.789 bits per heavy atom. The van der Waals surface area contributed by atoms with E-state index in [4.69, 9.17) is 17.2 Å². The molecule has 2 atom stereocenters. The standard InChI is InChI=1S/C28H29FN6O3/c29-21-11-6-19(7-12-21)17-24(34-25(36)15-10-18-4-2-1-3-5-18)27(38)35-23(26(30)37)16-20-8-13-22(14-9-20)33-28(31)32/h1-15,23-24H,16-17H2,(H2,30,37)(H,34,36)(H,35,38)(H4,31,32,33)/b15-10+/t23-,24-/m0/s1. The van der Waals surface area contributed by atoms with Gasteiger partial charge in [0.2, 0.25) is 17.7 Å². The summed E-state index contributed by atoms with van der Waals surface area (Å²) in [7, 11) is 0. The van der Waals surface area contributed by atoms with E-state index in [0.29, 0.717) is 16.8 Å². The number of carbonyl (C=O) groups excluding carboxylic acids is 3. The Bertz CT molecular complexity index is 1300. The van der Waals surface area contributed by atoms with Gasteiger partial charge in [0, 0.05) is 18.9 Å². The Hall–Kier alpha value is -4.99. The molecule has 0 aromatic heterocycles. The van der Waals surface area contributed by atoms with Crippen LogP contribution < -0.4 is 27.8 Å². The lowest BCUT2D eigenvalue weighted by molar-refractivity contribution is -0.130. The number of nitrogens with one attached hydrogen (secondary N) is 2. The Labute approximate surface area is 219 Å². The van der Waals surface area contributed by atoms with E-state index in [1.807, 2.05) is 30.3 Å². The first kappa shape index (κ1) is 27.6. The minimum Gasteiger partial charge on any atom is -0.370 e. The molecule has 0 saturated carbocycles. The molecule has 3 rings (SSSR count). The second-order valence-corrected chi connectivity index (χ2v) is 8.51. The van der Waals surface area contributed by atoms with Crippen molar-refractivity contribution < 1.29 is 18.8 Å². The van der Waals surface area contributed by atoms with Crippen LogP contribution in [0.2, 0.25) is 0 Å². The second kappa shape index (κ2) is 13.4. The van der Waals surface area contributed by atoms with Crippen molar-refractivity contribution in [2.45, 2.75) is 24.9 Å². The first-order valence-electron chi connectivity index (χ1n) is 11.8. The van der Waals surface area contributed by atoms with Crippen molar-refractivity contribution in [3.05, 3.63) is 107 Å². The Morgan fingerprint density at radius 2 is 1.37 bits per heavy atom. The molecule has 0 bridgehead atoms. The zero-order chi connectivity index (χ0) is 27.5. The van der Waals surface area contributed by atoms with Crippen molar-refractivity contribution >= 4 is 35.4 Å². The van der Waals surface area contributed by atoms with Gasteiger partial charge in [0.15, 0.2) is 5.96 Å². The minimum absolute atomic E-state index is 0.0652. The number of carbonyl (C=O) groups is 3. The van der Waals surface area contributed by atoms with Crippen LogP contribution in [0.4, 0.5) is 10.1 Å². The summed E-state index contributed by atoms with van der Waals surface area (Å²) < 4.78 is 13.4. The molecule has 3 amide bonds. The molecule has 0 radical (unpaired) electrons. The summed E-state index contributed by atoms with van der Waals surface area (Å²) in [6.07, 6.45) is 3.09. The molecule has 0 aliphatic rings. The third-order valence-electron chi connectivity index (χ3n) is 5.51. The minimum atomic E-state index is -1.06. The molecule has 3 aromatic rings. The summed E-state index contributed by atoms with van der Waals surface area (Å²) in [6.45, 7) is 0. The van der Waals surface area contributed by atoms with Gasteiger partial charge in [0.25, 0.3) is 0 Å². The predicted octanol–water partition coefficient (Wildman–Crippen LogP) is 1.68. The molecule has 196 valence electrons. The summed E-state index contributed by atoms with van der Waals surface area (Å²) in [5, 5.41) is 5.29.